The van der Waals surface area contributed by atoms with E-state index in [-0.39, 0.29) is 5.54 Å². The monoisotopic (exact) mass is 294 g/mol. The van der Waals surface area contributed by atoms with E-state index in [2.05, 4.69) is 76.3 Å². The molecular weight excluding hydrogens is 264 g/mol. The second-order valence-electron chi connectivity index (χ2n) is 6.63. The van der Waals surface area contributed by atoms with Crippen molar-refractivity contribution >= 4 is 17.4 Å². The Morgan fingerprint density at radius 1 is 1.30 bits per heavy atom. The highest BCUT2D eigenvalue weighted by molar-refractivity contribution is 7.98. The minimum atomic E-state index is 0.161. The molecule has 3 heteroatoms. The van der Waals surface area contributed by atoms with Gasteiger partial charge in [-0.3, -0.25) is 0 Å². The van der Waals surface area contributed by atoms with Crippen molar-refractivity contribution in [3.05, 3.63) is 29.3 Å². The van der Waals surface area contributed by atoms with Crippen LogP contribution in [0.15, 0.2) is 18.2 Å². The molecule has 0 radical (unpaired) electrons. The lowest BCUT2D eigenvalue weighted by Crippen LogP contribution is -2.35. The zero-order valence-corrected chi connectivity index (χ0v) is 14.9. The Hall–Kier alpha value is -0.670. The third kappa shape index (κ3) is 5.37. The van der Waals surface area contributed by atoms with E-state index in [4.69, 9.17) is 0 Å². The van der Waals surface area contributed by atoms with E-state index in [1.165, 1.54) is 16.8 Å². The quantitative estimate of drug-likeness (QED) is 0.851. The second kappa shape index (κ2) is 7.37. The Morgan fingerprint density at radius 3 is 2.45 bits per heavy atom. The van der Waals surface area contributed by atoms with Crippen LogP contribution in [0.4, 0.5) is 5.69 Å². The van der Waals surface area contributed by atoms with Gasteiger partial charge in [0.25, 0.3) is 0 Å². The first-order valence-electron chi connectivity index (χ1n) is 7.31. The van der Waals surface area contributed by atoms with Gasteiger partial charge in [-0.25, -0.2) is 0 Å². The summed E-state index contributed by atoms with van der Waals surface area (Å²) in [5, 5.41) is 3.55. The molecule has 20 heavy (non-hydrogen) atoms. The smallest absolute Gasteiger partial charge is 0.0369 e. The molecule has 0 aromatic heterocycles. The first-order chi connectivity index (χ1) is 9.24. The number of nitrogens with one attached hydrogen (secondary N) is 1. The van der Waals surface area contributed by atoms with E-state index in [9.17, 15) is 0 Å². The van der Waals surface area contributed by atoms with Gasteiger partial charge < -0.3 is 10.2 Å². The van der Waals surface area contributed by atoms with Gasteiger partial charge in [0, 0.05) is 36.6 Å². The molecule has 0 spiro atoms. The molecule has 1 atom stereocenters. The van der Waals surface area contributed by atoms with E-state index in [0.717, 1.165) is 12.3 Å². The van der Waals surface area contributed by atoms with Crippen molar-refractivity contribution in [3.63, 3.8) is 0 Å². The lowest BCUT2D eigenvalue weighted by molar-refractivity contribution is 0.424. The molecule has 1 aromatic carbocycles. The predicted octanol–water partition coefficient (Wildman–Crippen LogP) is 4.07. The highest BCUT2D eigenvalue weighted by Crippen LogP contribution is 2.21. The van der Waals surface area contributed by atoms with E-state index in [0.29, 0.717) is 6.04 Å². The van der Waals surface area contributed by atoms with Gasteiger partial charge in [-0.05, 0) is 64.1 Å². The summed E-state index contributed by atoms with van der Waals surface area (Å²) in [5.74, 6) is 1.16. The SMILES string of the molecule is CSCC(C)N(C)c1ccc(CNC(C)(C)C)c(C)c1. The fourth-order valence-corrected chi connectivity index (χ4v) is 2.77. The third-order valence-electron chi connectivity index (χ3n) is 3.61. The lowest BCUT2D eigenvalue weighted by Gasteiger charge is -2.27. The van der Waals surface area contributed by atoms with Gasteiger partial charge in [0.1, 0.15) is 0 Å². The van der Waals surface area contributed by atoms with Crippen molar-refractivity contribution in [2.75, 3.05) is 24.0 Å². The number of anilines is 1. The van der Waals surface area contributed by atoms with Crippen LogP contribution >= 0.6 is 11.8 Å². The average Bonchev–Trinajstić information content (AvgIpc) is 2.35. The summed E-state index contributed by atoms with van der Waals surface area (Å²) in [6.07, 6.45) is 2.16. The van der Waals surface area contributed by atoms with Crippen LogP contribution in [-0.2, 0) is 6.54 Å². The minimum Gasteiger partial charge on any atom is -0.371 e. The lowest BCUT2D eigenvalue weighted by atomic mass is 10.0. The highest BCUT2D eigenvalue weighted by Gasteiger charge is 2.12. The van der Waals surface area contributed by atoms with Crippen LogP contribution in [0.2, 0.25) is 0 Å². The van der Waals surface area contributed by atoms with Crippen LogP contribution in [0.5, 0.6) is 0 Å². The van der Waals surface area contributed by atoms with Crippen molar-refractivity contribution in [1.82, 2.24) is 5.32 Å². The largest absolute Gasteiger partial charge is 0.371 e. The summed E-state index contributed by atoms with van der Waals surface area (Å²) >= 11 is 1.90. The molecule has 0 bridgehead atoms. The van der Waals surface area contributed by atoms with Crippen molar-refractivity contribution < 1.29 is 0 Å². The molecule has 2 nitrogen and oxygen atoms in total. The van der Waals surface area contributed by atoms with Gasteiger partial charge in [0.2, 0.25) is 0 Å². The maximum absolute atomic E-state index is 3.55. The number of aryl methyl sites for hydroxylation is 1. The molecule has 1 N–H and O–H groups in total. The molecule has 0 aliphatic rings. The fourth-order valence-electron chi connectivity index (χ4n) is 2.07. The van der Waals surface area contributed by atoms with Gasteiger partial charge in [0.15, 0.2) is 0 Å². The van der Waals surface area contributed by atoms with Crippen molar-refractivity contribution in [2.24, 2.45) is 0 Å². The van der Waals surface area contributed by atoms with E-state index in [1.807, 2.05) is 11.8 Å². The number of thioether (sulfide) groups is 1. The summed E-state index contributed by atoms with van der Waals surface area (Å²) in [6.45, 7) is 12.0. The molecule has 114 valence electrons. The highest BCUT2D eigenvalue weighted by atomic mass is 32.2. The molecule has 0 amide bonds. The summed E-state index contributed by atoms with van der Waals surface area (Å²) in [4.78, 5) is 2.37. The van der Waals surface area contributed by atoms with Crippen molar-refractivity contribution in [1.29, 1.82) is 0 Å². The number of hydrogen-bond acceptors (Lipinski definition) is 3. The van der Waals surface area contributed by atoms with Crippen LogP contribution < -0.4 is 10.2 Å². The third-order valence-corrected chi connectivity index (χ3v) is 4.43. The number of rotatable bonds is 6. The van der Waals surface area contributed by atoms with Gasteiger partial charge in [-0.1, -0.05) is 6.07 Å². The standard InChI is InChI=1S/C17H30N2S/c1-13-10-16(19(6)14(2)12-20-7)9-8-15(13)11-18-17(3,4)5/h8-10,14,18H,11-12H2,1-7H3. The Labute approximate surface area is 129 Å². The summed E-state index contributed by atoms with van der Waals surface area (Å²) in [7, 11) is 2.18. The van der Waals surface area contributed by atoms with E-state index in [1.54, 1.807) is 0 Å². The number of benzene rings is 1. The van der Waals surface area contributed by atoms with E-state index >= 15 is 0 Å². The summed E-state index contributed by atoms with van der Waals surface area (Å²) in [5.41, 5.74) is 4.22. The Bertz CT molecular complexity index is 423. The Balaban J connectivity index is 2.77. The minimum absolute atomic E-state index is 0.161. The van der Waals surface area contributed by atoms with Crippen LogP contribution in [-0.4, -0.2) is 30.6 Å². The van der Waals surface area contributed by atoms with Crippen LogP contribution in [0.3, 0.4) is 0 Å². The molecule has 0 aliphatic carbocycles. The molecule has 1 aromatic rings. The molecule has 0 heterocycles. The first kappa shape index (κ1) is 17.4. The maximum Gasteiger partial charge on any atom is 0.0369 e. The van der Waals surface area contributed by atoms with Crippen LogP contribution in [0, 0.1) is 6.92 Å². The topological polar surface area (TPSA) is 15.3 Å². The molecule has 1 rings (SSSR count). The first-order valence-corrected chi connectivity index (χ1v) is 8.70. The normalized spacial score (nSPS) is 13.3. The van der Waals surface area contributed by atoms with Crippen LogP contribution in [0.25, 0.3) is 0 Å². The van der Waals surface area contributed by atoms with Crippen molar-refractivity contribution in [3.8, 4) is 0 Å². The molecule has 0 fully saturated rings. The zero-order chi connectivity index (χ0) is 15.3. The molecule has 0 saturated carbocycles. The van der Waals surface area contributed by atoms with Crippen molar-refractivity contribution in [2.45, 2.75) is 52.7 Å². The predicted molar refractivity (Wildman–Crippen MR) is 94.0 cm³/mol. The molecule has 0 aliphatic heterocycles. The molecule has 0 saturated heterocycles. The Kier molecular flexibility index (Phi) is 6.41. The molecular formula is C17H30N2S. The fraction of sp³-hybridized carbons (Fsp3) is 0.647. The van der Waals surface area contributed by atoms with E-state index < -0.39 is 0 Å². The molecule has 1 unspecified atom stereocenters. The maximum atomic E-state index is 3.55. The summed E-state index contributed by atoms with van der Waals surface area (Å²) < 4.78 is 0. The second-order valence-corrected chi connectivity index (χ2v) is 7.54. The average molecular weight is 295 g/mol. The summed E-state index contributed by atoms with van der Waals surface area (Å²) in [6, 6.07) is 7.36. The van der Waals surface area contributed by atoms with Gasteiger partial charge in [-0.2, -0.15) is 11.8 Å². The Morgan fingerprint density at radius 2 is 1.95 bits per heavy atom. The van der Waals surface area contributed by atoms with Gasteiger partial charge >= 0.3 is 0 Å². The number of nitrogens with zero attached hydrogens (tertiary/aromatic N) is 1. The van der Waals surface area contributed by atoms with Gasteiger partial charge in [-0.15, -0.1) is 0 Å². The zero-order valence-electron chi connectivity index (χ0n) is 14.1. The van der Waals surface area contributed by atoms with Gasteiger partial charge in [0.05, 0.1) is 0 Å². The van der Waals surface area contributed by atoms with Crippen LogP contribution in [0.1, 0.15) is 38.8 Å². The number of hydrogen-bond donors (Lipinski definition) is 1.